The van der Waals surface area contributed by atoms with Gasteiger partial charge >= 0.3 is 0 Å². The van der Waals surface area contributed by atoms with Gasteiger partial charge in [0.1, 0.15) is 18.4 Å². The van der Waals surface area contributed by atoms with E-state index >= 15 is 0 Å². The average molecular weight is 386 g/mol. The standard InChI is InChI=1S/C18H15FN4OS2/c19-14-5-3-13(4-6-14)17-21-15(10-24-17)11-26-18-22-20-12-23(18)8-7-16-2-1-9-25-16/h1-6,9-10,12H,7-8,11H2. The van der Waals surface area contributed by atoms with E-state index in [1.807, 2.05) is 4.57 Å². The fraction of sp³-hybridized carbons (Fsp3) is 0.167. The zero-order valence-electron chi connectivity index (χ0n) is 13.7. The molecule has 0 aliphatic heterocycles. The molecule has 0 saturated carbocycles. The van der Waals surface area contributed by atoms with E-state index in [2.05, 4.69) is 32.7 Å². The Morgan fingerprint density at radius 1 is 1.19 bits per heavy atom. The van der Waals surface area contributed by atoms with Gasteiger partial charge in [-0.25, -0.2) is 9.37 Å². The second kappa shape index (κ2) is 7.84. The van der Waals surface area contributed by atoms with Gasteiger partial charge in [0, 0.05) is 22.7 Å². The number of thioether (sulfide) groups is 1. The Labute approximate surface area is 157 Å². The number of aryl methyl sites for hydroxylation is 2. The molecule has 0 fully saturated rings. The Hall–Kier alpha value is -2.45. The Bertz CT molecular complexity index is 963. The summed E-state index contributed by atoms with van der Waals surface area (Å²) >= 11 is 3.32. The largest absolute Gasteiger partial charge is 0.444 e. The number of benzene rings is 1. The lowest BCUT2D eigenvalue weighted by atomic mass is 10.2. The van der Waals surface area contributed by atoms with E-state index in [9.17, 15) is 4.39 Å². The number of oxazole rings is 1. The van der Waals surface area contributed by atoms with Crippen molar-refractivity contribution < 1.29 is 8.81 Å². The van der Waals surface area contributed by atoms with E-state index in [4.69, 9.17) is 4.42 Å². The quantitative estimate of drug-likeness (QED) is 0.432. The molecule has 4 rings (SSSR count). The lowest BCUT2D eigenvalue weighted by molar-refractivity contribution is 0.572. The van der Waals surface area contributed by atoms with Gasteiger partial charge in [0.25, 0.3) is 0 Å². The van der Waals surface area contributed by atoms with Gasteiger partial charge in [-0.15, -0.1) is 21.5 Å². The summed E-state index contributed by atoms with van der Waals surface area (Å²) in [5, 5.41) is 11.1. The fourth-order valence-corrected chi connectivity index (χ4v) is 3.95. The predicted octanol–water partition coefficient (Wildman–Crippen LogP) is 4.67. The predicted molar refractivity (Wildman–Crippen MR) is 99.5 cm³/mol. The van der Waals surface area contributed by atoms with Crippen LogP contribution in [0.4, 0.5) is 4.39 Å². The first-order valence-corrected chi connectivity index (χ1v) is 9.88. The third-order valence-corrected chi connectivity index (χ3v) is 5.70. The van der Waals surface area contributed by atoms with Gasteiger partial charge in [-0.1, -0.05) is 17.8 Å². The van der Waals surface area contributed by atoms with E-state index in [0.29, 0.717) is 11.6 Å². The molecule has 132 valence electrons. The summed E-state index contributed by atoms with van der Waals surface area (Å²) < 4.78 is 20.6. The van der Waals surface area contributed by atoms with Gasteiger partial charge in [-0.05, 0) is 42.1 Å². The van der Waals surface area contributed by atoms with Crippen molar-refractivity contribution in [1.29, 1.82) is 0 Å². The molecule has 3 aromatic heterocycles. The minimum atomic E-state index is -0.280. The van der Waals surface area contributed by atoms with Gasteiger partial charge in [-0.2, -0.15) is 0 Å². The highest BCUT2D eigenvalue weighted by atomic mass is 32.2. The lowest BCUT2D eigenvalue weighted by Crippen LogP contribution is -2.01. The van der Waals surface area contributed by atoms with Crippen LogP contribution in [-0.2, 0) is 18.7 Å². The van der Waals surface area contributed by atoms with Crippen LogP contribution in [0.1, 0.15) is 10.6 Å². The molecule has 0 radical (unpaired) electrons. The highest BCUT2D eigenvalue weighted by molar-refractivity contribution is 7.98. The summed E-state index contributed by atoms with van der Waals surface area (Å²) in [5.74, 6) is 0.834. The first-order chi connectivity index (χ1) is 12.8. The molecule has 1 aromatic carbocycles. The summed E-state index contributed by atoms with van der Waals surface area (Å²) in [5.41, 5.74) is 1.56. The number of nitrogens with zero attached hydrogens (tertiary/aromatic N) is 4. The summed E-state index contributed by atoms with van der Waals surface area (Å²) in [6.45, 7) is 0.843. The van der Waals surface area contributed by atoms with Crippen molar-refractivity contribution in [2.45, 2.75) is 23.9 Å². The fourth-order valence-electron chi connectivity index (χ4n) is 2.43. The number of halogens is 1. The average Bonchev–Trinajstić information content (AvgIpc) is 3.40. The zero-order chi connectivity index (χ0) is 17.8. The molecule has 8 heteroatoms. The first kappa shape index (κ1) is 17.0. The van der Waals surface area contributed by atoms with Crippen LogP contribution in [0.15, 0.2) is 63.9 Å². The number of rotatable bonds is 7. The van der Waals surface area contributed by atoms with Crippen LogP contribution in [0.5, 0.6) is 0 Å². The Morgan fingerprint density at radius 2 is 2.08 bits per heavy atom. The number of thiophene rings is 1. The molecule has 0 unspecified atom stereocenters. The van der Waals surface area contributed by atoms with Crippen molar-refractivity contribution in [2.24, 2.45) is 0 Å². The molecule has 0 N–H and O–H groups in total. The van der Waals surface area contributed by atoms with Crippen LogP contribution >= 0.6 is 23.1 Å². The van der Waals surface area contributed by atoms with Crippen LogP contribution < -0.4 is 0 Å². The third kappa shape index (κ3) is 4.03. The van der Waals surface area contributed by atoms with Crippen molar-refractivity contribution in [2.75, 3.05) is 0 Å². The maximum Gasteiger partial charge on any atom is 0.226 e. The molecule has 0 saturated heterocycles. The highest BCUT2D eigenvalue weighted by Crippen LogP contribution is 2.24. The minimum Gasteiger partial charge on any atom is -0.444 e. The van der Waals surface area contributed by atoms with Gasteiger partial charge in [0.2, 0.25) is 5.89 Å². The minimum absolute atomic E-state index is 0.280. The first-order valence-electron chi connectivity index (χ1n) is 8.01. The molecule has 26 heavy (non-hydrogen) atoms. The molecule has 0 atom stereocenters. The summed E-state index contributed by atoms with van der Waals surface area (Å²) in [7, 11) is 0. The maximum atomic E-state index is 13.0. The highest BCUT2D eigenvalue weighted by Gasteiger charge is 2.10. The van der Waals surface area contributed by atoms with Gasteiger partial charge in [0.15, 0.2) is 5.16 Å². The van der Waals surface area contributed by atoms with Crippen LogP contribution in [0.2, 0.25) is 0 Å². The molecule has 0 aliphatic rings. The SMILES string of the molecule is Fc1ccc(-c2nc(CSc3nncn3CCc3cccs3)co2)cc1. The molecule has 0 aliphatic carbocycles. The van der Waals surface area contributed by atoms with Crippen molar-refractivity contribution >= 4 is 23.1 Å². The topological polar surface area (TPSA) is 56.7 Å². The van der Waals surface area contributed by atoms with E-state index in [-0.39, 0.29) is 5.82 Å². The Balaban J connectivity index is 1.37. The molecule has 0 spiro atoms. The molecule has 4 aromatic rings. The third-order valence-electron chi connectivity index (χ3n) is 3.75. The monoisotopic (exact) mass is 386 g/mol. The van der Waals surface area contributed by atoms with Gasteiger partial charge in [-0.3, -0.25) is 0 Å². The molecular weight excluding hydrogens is 371 g/mol. The molecule has 5 nitrogen and oxygen atoms in total. The normalized spacial score (nSPS) is 11.1. The lowest BCUT2D eigenvalue weighted by Gasteiger charge is -2.04. The van der Waals surface area contributed by atoms with Crippen molar-refractivity contribution in [3.8, 4) is 11.5 Å². The molecular formula is C18H15FN4OS2. The Kier molecular flexibility index (Phi) is 5.12. The van der Waals surface area contributed by atoms with Crippen molar-refractivity contribution in [3.63, 3.8) is 0 Å². The zero-order valence-corrected chi connectivity index (χ0v) is 15.3. The van der Waals surface area contributed by atoms with Crippen LogP contribution in [-0.4, -0.2) is 19.7 Å². The summed E-state index contributed by atoms with van der Waals surface area (Å²) in [6, 6.07) is 10.3. The van der Waals surface area contributed by atoms with E-state index in [0.717, 1.165) is 29.4 Å². The van der Waals surface area contributed by atoms with Crippen LogP contribution in [0, 0.1) is 5.82 Å². The van der Waals surface area contributed by atoms with Crippen molar-refractivity contribution in [3.05, 3.63) is 70.8 Å². The number of hydrogen-bond acceptors (Lipinski definition) is 6. The molecule has 0 bridgehead atoms. The number of aromatic nitrogens is 4. The number of hydrogen-bond donors (Lipinski definition) is 0. The van der Waals surface area contributed by atoms with E-state index in [1.54, 1.807) is 47.8 Å². The molecule has 0 amide bonds. The van der Waals surface area contributed by atoms with E-state index in [1.165, 1.54) is 17.0 Å². The van der Waals surface area contributed by atoms with Gasteiger partial charge < -0.3 is 8.98 Å². The second-order valence-corrected chi connectivity index (χ2v) is 7.55. The van der Waals surface area contributed by atoms with Crippen LogP contribution in [0.25, 0.3) is 11.5 Å². The smallest absolute Gasteiger partial charge is 0.226 e. The summed E-state index contributed by atoms with van der Waals surface area (Å²) in [6.07, 6.45) is 4.34. The maximum absolute atomic E-state index is 13.0. The van der Waals surface area contributed by atoms with E-state index < -0.39 is 0 Å². The van der Waals surface area contributed by atoms with Crippen LogP contribution in [0.3, 0.4) is 0 Å². The summed E-state index contributed by atoms with van der Waals surface area (Å²) in [4.78, 5) is 5.80. The molecule has 3 heterocycles. The Morgan fingerprint density at radius 3 is 2.88 bits per heavy atom. The van der Waals surface area contributed by atoms with Gasteiger partial charge in [0.05, 0.1) is 5.69 Å². The second-order valence-electron chi connectivity index (χ2n) is 5.58. The van der Waals surface area contributed by atoms with Crippen molar-refractivity contribution in [1.82, 2.24) is 19.7 Å².